The van der Waals surface area contributed by atoms with Gasteiger partial charge in [0, 0.05) is 5.33 Å². The third-order valence-electron chi connectivity index (χ3n) is 6.82. The van der Waals surface area contributed by atoms with E-state index >= 15 is 0 Å². The van der Waals surface area contributed by atoms with Crippen LogP contribution < -0.4 is 5.90 Å². The van der Waals surface area contributed by atoms with Gasteiger partial charge < -0.3 is 0 Å². The largest absolute Gasteiger partial charge is 0.300 e. The van der Waals surface area contributed by atoms with Gasteiger partial charge in [-0.2, -0.15) is 0 Å². The second-order valence-electron chi connectivity index (χ2n) is 10.1. The summed E-state index contributed by atoms with van der Waals surface area (Å²) in [4.78, 5) is 55.9. The minimum atomic E-state index is -0.657. The summed E-state index contributed by atoms with van der Waals surface area (Å²) in [6, 6.07) is 42.5. The van der Waals surface area contributed by atoms with Crippen LogP contribution in [0.25, 0.3) is 0 Å². The number of hydroxylamine groups is 4. The predicted molar refractivity (Wildman–Crippen MR) is 181 cm³/mol. The average Bonchev–Trinajstić information content (AvgIpc) is 3.52. The van der Waals surface area contributed by atoms with Crippen molar-refractivity contribution in [2.24, 2.45) is 5.90 Å². The van der Waals surface area contributed by atoms with Gasteiger partial charge >= 0.3 is 0 Å². The molecule has 7 rings (SSSR count). The van der Waals surface area contributed by atoms with E-state index in [1.807, 2.05) is 78.9 Å². The fraction of sp³-hybridized carbons (Fsp3) is 0.0811. The number of hydrogen-bond donors (Lipinski definition) is 2. The van der Waals surface area contributed by atoms with Gasteiger partial charge in [0.25, 0.3) is 23.6 Å². The highest BCUT2D eigenvalue weighted by Crippen LogP contribution is 2.23. The maximum absolute atomic E-state index is 12.0. The van der Waals surface area contributed by atoms with Crippen LogP contribution >= 0.6 is 15.9 Å². The van der Waals surface area contributed by atoms with E-state index in [2.05, 4.69) is 32.9 Å². The zero-order chi connectivity index (χ0) is 34.3. The average molecular weight is 711 g/mol. The van der Waals surface area contributed by atoms with Gasteiger partial charge in [0.2, 0.25) is 0 Å². The molecule has 2 aliphatic rings. The predicted octanol–water partition coefficient (Wildman–Crippen LogP) is 6.74. The maximum atomic E-state index is 12.0. The second-order valence-corrected chi connectivity index (χ2v) is 10.7. The van der Waals surface area contributed by atoms with Crippen molar-refractivity contribution in [2.45, 2.75) is 18.5 Å². The number of halogens is 1. The van der Waals surface area contributed by atoms with Gasteiger partial charge in [-0.15, -0.1) is 10.1 Å². The van der Waals surface area contributed by atoms with Crippen LogP contribution in [0.4, 0.5) is 0 Å². The first-order valence-corrected chi connectivity index (χ1v) is 15.7. The number of fused-ring (bicyclic) bond motifs is 2. The van der Waals surface area contributed by atoms with Crippen LogP contribution in [0.1, 0.15) is 58.1 Å². The summed E-state index contributed by atoms with van der Waals surface area (Å²) in [6.45, 7) is 0.674. The highest BCUT2D eigenvalue weighted by molar-refractivity contribution is 9.08. The molecule has 2 aliphatic heterocycles. The van der Waals surface area contributed by atoms with Crippen LogP contribution in [0.2, 0.25) is 0 Å². The quantitative estimate of drug-likeness (QED) is 0.0855. The van der Waals surface area contributed by atoms with Crippen molar-refractivity contribution in [1.29, 1.82) is 0 Å². The molecule has 0 saturated carbocycles. The molecular formula is C37H32BrN3O7. The van der Waals surface area contributed by atoms with E-state index in [-0.39, 0.29) is 22.8 Å². The molecule has 5 aromatic rings. The van der Waals surface area contributed by atoms with Gasteiger partial charge in [-0.05, 0) is 41.0 Å². The molecule has 0 aliphatic carbocycles. The third kappa shape index (κ3) is 9.38. The molecule has 10 nitrogen and oxygen atoms in total. The lowest BCUT2D eigenvalue weighted by atomic mass is 10.1. The molecule has 5 aromatic carbocycles. The van der Waals surface area contributed by atoms with E-state index in [9.17, 15) is 19.2 Å². The molecular weight excluding hydrogens is 678 g/mol. The second kappa shape index (κ2) is 18.1. The van der Waals surface area contributed by atoms with Gasteiger partial charge in [0.15, 0.2) is 0 Å². The Labute approximate surface area is 285 Å². The molecule has 48 heavy (non-hydrogen) atoms. The maximum Gasteiger partial charge on any atom is 0.285 e. The van der Waals surface area contributed by atoms with Gasteiger partial charge in [-0.3, -0.25) is 34.1 Å². The molecule has 0 fully saturated rings. The van der Waals surface area contributed by atoms with Gasteiger partial charge in [-0.25, -0.2) is 5.90 Å². The van der Waals surface area contributed by atoms with E-state index in [1.54, 1.807) is 36.4 Å². The minimum Gasteiger partial charge on any atom is -0.300 e. The molecule has 3 N–H and O–H groups in total. The molecule has 0 aromatic heterocycles. The van der Waals surface area contributed by atoms with Crippen LogP contribution in [0.5, 0.6) is 0 Å². The Morgan fingerprint density at radius 1 is 0.500 bits per heavy atom. The van der Waals surface area contributed by atoms with E-state index in [1.165, 1.54) is 17.7 Å². The van der Waals surface area contributed by atoms with Crippen LogP contribution in [0.15, 0.2) is 140 Å². The molecule has 0 atom stereocenters. The van der Waals surface area contributed by atoms with Crippen molar-refractivity contribution in [3.8, 4) is 0 Å². The summed E-state index contributed by atoms with van der Waals surface area (Å²) in [6.07, 6.45) is 0. The third-order valence-corrected chi connectivity index (χ3v) is 7.47. The Morgan fingerprint density at radius 3 is 1.19 bits per heavy atom. The number of rotatable bonds is 6. The first-order chi connectivity index (χ1) is 23.3. The molecule has 0 spiro atoms. The fourth-order valence-electron chi connectivity index (χ4n) is 4.41. The number of carbonyl (C=O) groups excluding carboxylic acids is 4. The van der Waals surface area contributed by atoms with Crippen molar-refractivity contribution in [1.82, 2.24) is 10.1 Å². The molecule has 4 amide bonds. The molecule has 0 unspecified atom stereocenters. The monoisotopic (exact) mass is 709 g/mol. The highest BCUT2D eigenvalue weighted by atomic mass is 79.9. The molecule has 244 valence electrons. The van der Waals surface area contributed by atoms with Crippen molar-refractivity contribution in [2.75, 3.05) is 0 Å². The number of imide groups is 2. The number of nitrogens with two attached hydrogens (primary N) is 1. The van der Waals surface area contributed by atoms with Gasteiger partial charge in [-0.1, -0.05) is 131 Å². The van der Waals surface area contributed by atoms with Crippen molar-refractivity contribution in [3.63, 3.8) is 0 Å². The summed E-state index contributed by atoms with van der Waals surface area (Å²) < 4.78 is 0. The standard InChI is InChI=1S/C15H11NO3.C8H5NO3.C7H7Br.C7H9NO/c17-14-12-8-4-5-9-13(12)15(18)16(14)19-10-11-6-2-1-3-7-11;10-7-5-3-1-2-4-6(5)8(11)9(7)12;8-6-7-4-2-1-3-5-7;8-9-6-7-4-2-1-3-5-7/h1-9H,10H2;1-4,12H;1-5H,6H2;1-5H,6,8H2. The van der Waals surface area contributed by atoms with Crippen molar-refractivity contribution in [3.05, 3.63) is 178 Å². The van der Waals surface area contributed by atoms with Crippen LogP contribution in [-0.4, -0.2) is 39.0 Å². The van der Waals surface area contributed by atoms with Crippen LogP contribution in [0.3, 0.4) is 0 Å². The van der Waals surface area contributed by atoms with Crippen molar-refractivity contribution >= 4 is 39.6 Å². The fourth-order valence-corrected chi connectivity index (χ4v) is 4.79. The lowest BCUT2D eigenvalue weighted by molar-refractivity contribution is -0.101. The van der Waals surface area contributed by atoms with Crippen molar-refractivity contribution < 1.29 is 34.1 Å². The molecule has 0 bridgehead atoms. The highest BCUT2D eigenvalue weighted by Gasteiger charge is 2.36. The number of amides is 4. The Morgan fingerprint density at radius 2 is 0.833 bits per heavy atom. The number of benzene rings is 5. The Hall–Kier alpha value is -5.30. The zero-order valence-electron chi connectivity index (χ0n) is 25.6. The van der Waals surface area contributed by atoms with Crippen LogP contribution in [0, 0.1) is 0 Å². The Bertz CT molecular complexity index is 1750. The normalized spacial score (nSPS) is 12.6. The molecule has 0 radical (unpaired) electrons. The summed E-state index contributed by atoms with van der Waals surface area (Å²) in [5.41, 5.74) is 4.61. The van der Waals surface area contributed by atoms with Gasteiger partial charge in [0.05, 0.1) is 28.9 Å². The lowest BCUT2D eigenvalue weighted by Crippen LogP contribution is -2.29. The first-order valence-electron chi connectivity index (χ1n) is 14.6. The van der Waals surface area contributed by atoms with E-state index < -0.39 is 23.6 Å². The number of carbonyl (C=O) groups is 4. The molecule has 11 heteroatoms. The summed E-state index contributed by atoms with van der Waals surface area (Å²) in [5, 5.41) is 10.8. The summed E-state index contributed by atoms with van der Waals surface area (Å²) in [5.74, 6) is 2.73. The number of alkyl halides is 1. The van der Waals surface area contributed by atoms with E-state index in [0.717, 1.165) is 21.5 Å². The Balaban J connectivity index is 0.000000155. The lowest BCUT2D eigenvalue weighted by Gasteiger charge is -2.13. The first kappa shape index (κ1) is 35.6. The zero-order valence-corrected chi connectivity index (χ0v) is 27.2. The molecule has 2 heterocycles. The number of hydrogen-bond acceptors (Lipinski definition) is 8. The Kier molecular flexibility index (Phi) is 13.4. The molecule has 0 saturated heterocycles. The summed E-state index contributed by atoms with van der Waals surface area (Å²) >= 11 is 3.36. The topological polar surface area (TPSA) is 139 Å². The van der Waals surface area contributed by atoms with Gasteiger partial charge in [0.1, 0.15) is 6.61 Å². The van der Waals surface area contributed by atoms with E-state index in [4.69, 9.17) is 15.9 Å². The van der Waals surface area contributed by atoms with E-state index in [0.29, 0.717) is 17.7 Å². The smallest absolute Gasteiger partial charge is 0.285 e. The number of nitrogens with zero attached hydrogens (tertiary/aromatic N) is 2. The SMILES string of the molecule is BrCc1ccccc1.NOCc1ccccc1.O=C1c2ccccc2C(=O)N1O.O=C1c2ccccc2C(=O)N1OCc1ccccc1. The summed E-state index contributed by atoms with van der Waals surface area (Å²) in [7, 11) is 0. The van der Waals surface area contributed by atoms with Crippen LogP contribution in [-0.2, 0) is 28.2 Å². The minimum absolute atomic E-state index is 0.130.